The van der Waals surface area contributed by atoms with Crippen LogP contribution in [0.3, 0.4) is 0 Å². The SMILES string of the molecule is Cc1cc(F)ccc1Nc1nc2cc(F)ccc2s1. The number of aromatic nitrogens is 1. The van der Waals surface area contributed by atoms with Crippen LogP contribution in [0, 0.1) is 18.6 Å². The van der Waals surface area contributed by atoms with E-state index in [0.29, 0.717) is 10.6 Å². The summed E-state index contributed by atoms with van der Waals surface area (Å²) >= 11 is 1.43. The van der Waals surface area contributed by atoms with Crippen LogP contribution in [0.25, 0.3) is 10.2 Å². The van der Waals surface area contributed by atoms with Gasteiger partial charge in [0.2, 0.25) is 0 Å². The number of halogens is 2. The highest BCUT2D eigenvalue weighted by Gasteiger charge is 2.06. The first kappa shape index (κ1) is 12.0. The Hall–Kier alpha value is -2.01. The highest BCUT2D eigenvalue weighted by atomic mass is 32.1. The first-order valence-corrected chi connectivity index (χ1v) is 6.53. The lowest BCUT2D eigenvalue weighted by Gasteiger charge is -2.05. The van der Waals surface area contributed by atoms with Crippen molar-refractivity contribution in [2.45, 2.75) is 6.92 Å². The summed E-state index contributed by atoms with van der Waals surface area (Å²) in [6.45, 7) is 1.82. The molecule has 0 amide bonds. The number of nitrogens with one attached hydrogen (secondary N) is 1. The van der Waals surface area contributed by atoms with Crippen LogP contribution >= 0.6 is 11.3 Å². The molecule has 2 aromatic carbocycles. The molecule has 1 N–H and O–H groups in total. The molecule has 0 saturated heterocycles. The molecule has 0 aliphatic carbocycles. The lowest BCUT2D eigenvalue weighted by Crippen LogP contribution is -1.92. The van der Waals surface area contributed by atoms with Crippen molar-refractivity contribution in [2.75, 3.05) is 5.32 Å². The number of nitrogens with zero attached hydrogens (tertiary/aromatic N) is 1. The highest BCUT2D eigenvalue weighted by molar-refractivity contribution is 7.22. The number of hydrogen-bond donors (Lipinski definition) is 1. The van der Waals surface area contributed by atoms with Crippen molar-refractivity contribution in [1.29, 1.82) is 0 Å². The van der Waals surface area contributed by atoms with E-state index in [-0.39, 0.29) is 11.6 Å². The van der Waals surface area contributed by atoms with Crippen LogP contribution in [-0.2, 0) is 0 Å². The van der Waals surface area contributed by atoms with Crippen molar-refractivity contribution in [2.24, 2.45) is 0 Å². The zero-order valence-electron chi connectivity index (χ0n) is 10.1. The summed E-state index contributed by atoms with van der Waals surface area (Å²) in [7, 11) is 0. The topological polar surface area (TPSA) is 24.9 Å². The van der Waals surface area contributed by atoms with Gasteiger partial charge in [-0.05, 0) is 42.8 Å². The molecule has 0 aliphatic rings. The summed E-state index contributed by atoms with van der Waals surface area (Å²) in [5, 5.41) is 3.79. The third kappa shape index (κ3) is 2.42. The van der Waals surface area contributed by atoms with Crippen molar-refractivity contribution in [1.82, 2.24) is 4.98 Å². The Morgan fingerprint density at radius 2 is 1.79 bits per heavy atom. The Balaban J connectivity index is 1.96. The summed E-state index contributed by atoms with van der Waals surface area (Å²) in [4.78, 5) is 4.31. The summed E-state index contributed by atoms with van der Waals surface area (Å²) in [6, 6.07) is 9.02. The summed E-state index contributed by atoms with van der Waals surface area (Å²) in [6.07, 6.45) is 0. The number of thiazole rings is 1. The normalized spacial score (nSPS) is 10.9. The molecule has 3 aromatic rings. The van der Waals surface area contributed by atoms with Gasteiger partial charge in [0.05, 0.1) is 10.2 Å². The maximum Gasteiger partial charge on any atom is 0.188 e. The van der Waals surface area contributed by atoms with Gasteiger partial charge in [-0.2, -0.15) is 0 Å². The third-order valence-corrected chi connectivity index (χ3v) is 3.73. The first-order chi connectivity index (χ1) is 9.11. The van der Waals surface area contributed by atoms with Crippen LogP contribution in [0.4, 0.5) is 19.6 Å². The van der Waals surface area contributed by atoms with Crippen molar-refractivity contribution in [3.8, 4) is 0 Å². The molecule has 19 heavy (non-hydrogen) atoms. The van der Waals surface area contributed by atoms with Gasteiger partial charge in [-0.3, -0.25) is 0 Å². The minimum atomic E-state index is -0.303. The van der Waals surface area contributed by atoms with E-state index >= 15 is 0 Å². The van der Waals surface area contributed by atoms with Gasteiger partial charge < -0.3 is 5.32 Å². The van der Waals surface area contributed by atoms with Gasteiger partial charge in [-0.25, -0.2) is 13.8 Å². The van der Waals surface area contributed by atoms with Gasteiger partial charge in [0.1, 0.15) is 11.6 Å². The summed E-state index contributed by atoms with van der Waals surface area (Å²) in [5.41, 5.74) is 2.21. The fourth-order valence-corrected chi connectivity index (χ4v) is 2.70. The Morgan fingerprint density at radius 1 is 1.05 bits per heavy atom. The second kappa shape index (κ2) is 4.59. The maximum absolute atomic E-state index is 13.1. The first-order valence-electron chi connectivity index (χ1n) is 5.71. The Kier molecular flexibility index (Phi) is 2.91. The molecular formula is C14H10F2N2S. The van der Waals surface area contributed by atoms with Crippen LogP contribution in [0.1, 0.15) is 5.56 Å². The predicted octanol–water partition coefficient (Wildman–Crippen LogP) is 4.63. The minimum Gasteiger partial charge on any atom is -0.331 e. The molecule has 2 nitrogen and oxygen atoms in total. The van der Waals surface area contributed by atoms with Crippen LogP contribution in [0.5, 0.6) is 0 Å². The average Bonchev–Trinajstić information content (AvgIpc) is 2.74. The van der Waals surface area contributed by atoms with Crippen LogP contribution in [0.15, 0.2) is 36.4 Å². The maximum atomic E-state index is 13.1. The molecular weight excluding hydrogens is 266 g/mol. The van der Waals surface area contributed by atoms with Crippen LogP contribution in [-0.4, -0.2) is 4.98 Å². The van der Waals surface area contributed by atoms with Crippen molar-refractivity contribution < 1.29 is 8.78 Å². The smallest absolute Gasteiger partial charge is 0.188 e. The molecule has 3 rings (SSSR count). The molecule has 0 bridgehead atoms. The fraction of sp³-hybridized carbons (Fsp3) is 0.0714. The monoisotopic (exact) mass is 276 g/mol. The quantitative estimate of drug-likeness (QED) is 0.738. The van der Waals surface area contributed by atoms with E-state index < -0.39 is 0 Å². The largest absolute Gasteiger partial charge is 0.331 e. The molecule has 0 saturated carbocycles. The zero-order chi connectivity index (χ0) is 13.4. The second-order valence-electron chi connectivity index (χ2n) is 4.22. The van der Waals surface area contributed by atoms with E-state index in [2.05, 4.69) is 10.3 Å². The number of fused-ring (bicyclic) bond motifs is 1. The second-order valence-corrected chi connectivity index (χ2v) is 5.25. The molecule has 0 aliphatic heterocycles. The predicted molar refractivity (Wildman–Crippen MR) is 74.0 cm³/mol. The fourth-order valence-electron chi connectivity index (χ4n) is 1.84. The van der Waals surface area contributed by atoms with E-state index in [1.807, 2.05) is 6.92 Å². The van der Waals surface area contributed by atoms with Crippen molar-refractivity contribution in [3.05, 3.63) is 53.6 Å². The molecule has 0 atom stereocenters. The van der Waals surface area contributed by atoms with Gasteiger partial charge in [-0.1, -0.05) is 11.3 Å². The Labute approximate surface area is 112 Å². The van der Waals surface area contributed by atoms with Gasteiger partial charge >= 0.3 is 0 Å². The number of rotatable bonds is 2. The van der Waals surface area contributed by atoms with Gasteiger partial charge in [0.15, 0.2) is 5.13 Å². The molecule has 1 aromatic heterocycles. The van der Waals surface area contributed by atoms with Crippen molar-refractivity contribution >= 4 is 32.4 Å². The number of benzene rings is 2. The molecule has 0 unspecified atom stereocenters. The van der Waals surface area contributed by atoms with E-state index in [4.69, 9.17) is 0 Å². The number of aryl methyl sites for hydroxylation is 1. The number of hydrogen-bond acceptors (Lipinski definition) is 3. The lowest BCUT2D eigenvalue weighted by atomic mass is 10.2. The van der Waals surface area contributed by atoms with E-state index in [0.717, 1.165) is 16.0 Å². The zero-order valence-corrected chi connectivity index (χ0v) is 10.9. The molecule has 0 radical (unpaired) electrons. The highest BCUT2D eigenvalue weighted by Crippen LogP contribution is 2.29. The van der Waals surface area contributed by atoms with Gasteiger partial charge in [-0.15, -0.1) is 0 Å². The van der Waals surface area contributed by atoms with Gasteiger partial charge in [0.25, 0.3) is 0 Å². The van der Waals surface area contributed by atoms with E-state index in [1.54, 1.807) is 12.1 Å². The molecule has 96 valence electrons. The molecule has 5 heteroatoms. The van der Waals surface area contributed by atoms with Crippen LogP contribution in [0.2, 0.25) is 0 Å². The van der Waals surface area contributed by atoms with E-state index in [9.17, 15) is 8.78 Å². The van der Waals surface area contributed by atoms with Gasteiger partial charge in [0, 0.05) is 11.8 Å². The van der Waals surface area contributed by atoms with Crippen LogP contribution < -0.4 is 5.32 Å². The summed E-state index contributed by atoms with van der Waals surface area (Å²) in [5.74, 6) is -0.572. The Morgan fingerprint density at radius 3 is 2.58 bits per heavy atom. The third-order valence-electron chi connectivity index (χ3n) is 2.78. The number of anilines is 2. The van der Waals surface area contributed by atoms with E-state index in [1.165, 1.54) is 35.6 Å². The average molecular weight is 276 g/mol. The lowest BCUT2D eigenvalue weighted by molar-refractivity contribution is 0.627. The Bertz CT molecular complexity index is 752. The molecule has 1 heterocycles. The molecule has 0 spiro atoms. The van der Waals surface area contributed by atoms with Crippen molar-refractivity contribution in [3.63, 3.8) is 0 Å². The molecule has 0 fully saturated rings. The standard InChI is InChI=1S/C14H10F2N2S/c1-8-6-9(15)2-4-11(8)17-14-18-12-7-10(16)3-5-13(12)19-14/h2-7H,1H3,(H,17,18). The summed E-state index contributed by atoms with van der Waals surface area (Å²) < 4.78 is 27.0. The minimum absolute atomic E-state index is 0.269.